The SMILES string of the molecule is COc1cccc2cc(C(=O)N3CCCSC[C@@H]3CN(C)C)oc12. The summed E-state index contributed by atoms with van der Waals surface area (Å²) < 4.78 is 11.2. The molecule has 1 aliphatic heterocycles. The van der Waals surface area contributed by atoms with Crippen molar-refractivity contribution in [2.75, 3.05) is 45.8 Å². The van der Waals surface area contributed by atoms with Crippen molar-refractivity contribution in [2.24, 2.45) is 0 Å². The van der Waals surface area contributed by atoms with E-state index in [2.05, 4.69) is 4.90 Å². The minimum absolute atomic E-state index is 0.0254. The summed E-state index contributed by atoms with van der Waals surface area (Å²) in [6.07, 6.45) is 1.02. The maximum atomic E-state index is 13.1. The van der Waals surface area contributed by atoms with Crippen LogP contribution in [0.15, 0.2) is 28.7 Å². The van der Waals surface area contributed by atoms with Gasteiger partial charge in [-0.1, -0.05) is 12.1 Å². The highest BCUT2D eigenvalue weighted by Gasteiger charge is 2.29. The van der Waals surface area contributed by atoms with Gasteiger partial charge in [-0.2, -0.15) is 11.8 Å². The predicted octanol–water partition coefficient (Wildman–Crippen LogP) is 2.95. The molecule has 0 radical (unpaired) electrons. The minimum atomic E-state index is -0.0254. The van der Waals surface area contributed by atoms with Gasteiger partial charge in [0.1, 0.15) is 0 Å². The number of nitrogens with zero attached hydrogens (tertiary/aromatic N) is 2. The van der Waals surface area contributed by atoms with Gasteiger partial charge in [-0.15, -0.1) is 0 Å². The first-order valence-electron chi connectivity index (χ1n) is 8.20. The van der Waals surface area contributed by atoms with E-state index in [1.54, 1.807) is 7.11 Å². The van der Waals surface area contributed by atoms with Crippen LogP contribution in [0.1, 0.15) is 17.0 Å². The molecule has 24 heavy (non-hydrogen) atoms. The molecule has 0 spiro atoms. The maximum Gasteiger partial charge on any atom is 0.289 e. The largest absolute Gasteiger partial charge is 0.493 e. The molecule has 1 aromatic heterocycles. The summed E-state index contributed by atoms with van der Waals surface area (Å²) in [5, 5.41) is 0.894. The van der Waals surface area contributed by atoms with Gasteiger partial charge in [-0.3, -0.25) is 4.79 Å². The lowest BCUT2D eigenvalue weighted by atomic mass is 10.2. The molecule has 0 saturated carbocycles. The summed E-state index contributed by atoms with van der Waals surface area (Å²) in [5.41, 5.74) is 0.636. The number of para-hydroxylation sites is 1. The number of hydrogen-bond donors (Lipinski definition) is 0. The number of likely N-dealkylation sites (N-methyl/N-ethyl adjacent to an activating group) is 1. The van der Waals surface area contributed by atoms with Crippen molar-refractivity contribution in [1.29, 1.82) is 0 Å². The molecule has 1 saturated heterocycles. The fourth-order valence-corrected chi connectivity index (χ4v) is 4.17. The zero-order chi connectivity index (χ0) is 17.1. The Morgan fingerprint density at radius 3 is 3.04 bits per heavy atom. The summed E-state index contributed by atoms with van der Waals surface area (Å²) in [4.78, 5) is 17.2. The van der Waals surface area contributed by atoms with Gasteiger partial charge >= 0.3 is 0 Å². The maximum absolute atomic E-state index is 13.1. The van der Waals surface area contributed by atoms with E-state index in [0.717, 1.165) is 36.4 Å². The van der Waals surface area contributed by atoms with E-state index in [9.17, 15) is 4.79 Å². The molecule has 1 aliphatic rings. The third kappa shape index (κ3) is 3.54. The van der Waals surface area contributed by atoms with Crippen LogP contribution in [0.5, 0.6) is 5.75 Å². The second-order valence-corrected chi connectivity index (χ2v) is 7.48. The normalized spacial score (nSPS) is 18.8. The Morgan fingerprint density at radius 2 is 2.29 bits per heavy atom. The number of hydrogen-bond acceptors (Lipinski definition) is 5. The zero-order valence-electron chi connectivity index (χ0n) is 14.4. The molecule has 1 amide bonds. The standard InChI is InChI=1S/C18H24N2O3S/c1-19(2)11-14-12-24-9-5-8-20(14)18(21)16-10-13-6-4-7-15(22-3)17(13)23-16/h4,6-7,10,14H,5,8-9,11-12H2,1-3H3/t14-/m0/s1. The first kappa shape index (κ1) is 17.2. The highest BCUT2D eigenvalue weighted by atomic mass is 32.2. The molecule has 1 fully saturated rings. The van der Waals surface area contributed by atoms with Crippen molar-refractivity contribution in [3.05, 3.63) is 30.0 Å². The number of ether oxygens (including phenoxy) is 1. The minimum Gasteiger partial charge on any atom is -0.493 e. The van der Waals surface area contributed by atoms with E-state index in [0.29, 0.717) is 17.1 Å². The fourth-order valence-electron chi connectivity index (χ4n) is 3.11. The van der Waals surface area contributed by atoms with E-state index in [4.69, 9.17) is 9.15 Å². The second-order valence-electron chi connectivity index (χ2n) is 6.33. The average Bonchev–Trinajstić information content (AvgIpc) is 2.88. The lowest BCUT2D eigenvalue weighted by Gasteiger charge is -2.31. The van der Waals surface area contributed by atoms with E-state index < -0.39 is 0 Å². The molecule has 5 nitrogen and oxygen atoms in total. The number of methoxy groups -OCH3 is 1. The molecule has 1 atom stereocenters. The van der Waals surface area contributed by atoms with Crippen LogP contribution in [0.3, 0.4) is 0 Å². The van der Waals surface area contributed by atoms with Crippen molar-refractivity contribution in [2.45, 2.75) is 12.5 Å². The number of carbonyl (C=O) groups excluding carboxylic acids is 1. The van der Waals surface area contributed by atoms with Gasteiger partial charge in [0.05, 0.1) is 13.2 Å². The summed E-state index contributed by atoms with van der Waals surface area (Å²) >= 11 is 1.92. The van der Waals surface area contributed by atoms with Gasteiger partial charge < -0.3 is 19.0 Å². The molecule has 130 valence electrons. The number of rotatable bonds is 4. The van der Waals surface area contributed by atoms with Crippen molar-refractivity contribution < 1.29 is 13.9 Å². The Hall–Kier alpha value is -1.66. The summed E-state index contributed by atoms with van der Waals surface area (Å²) in [5.74, 6) is 3.09. The molecule has 2 heterocycles. The van der Waals surface area contributed by atoms with Crippen LogP contribution in [0, 0.1) is 0 Å². The lowest BCUT2D eigenvalue weighted by molar-refractivity contribution is 0.0645. The van der Waals surface area contributed by atoms with Gasteiger partial charge in [-0.05, 0) is 38.4 Å². The molecular weight excluding hydrogens is 324 g/mol. The van der Waals surface area contributed by atoms with E-state index in [1.807, 2.05) is 55.0 Å². The molecule has 1 aromatic carbocycles. The molecule has 0 unspecified atom stereocenters. The van der Waals surface area contributed by atoms with Crippen LogP contribution in [0.25, 0.3) is 11.0 Å². The quantitative estimate of drug-likeness (QED) is 0.850. The molecule has 0 bridgehead atoms. The Bertz CT molecular complexity index is 713. The Balaban J connectivity index is 1.90. The highest BCUT2D eigenvalue weighted by molar-refractivity contribution is 7.99. The van der Waals surface area contributed by atoms with Crippen molar-refractivity contribution in [1.82, 2.24) is 9.80 Å². The van der Waals surface area contributed by atoms with Gasteiger partial charge in [0.15, 0.2) is 17.1 Å². The second kappa shape index (κ2) is 7.49. The number of benzene rings is 1. The van der Waals surface area contributed by atoms with Gasteiger partial charge in [-0.25, -0.2) is 0 Å². The molecule has 2 aromatic rings. The first-order chi connectivity index (χ1) is 11.6. The average molecular weight is 348 g/mol. The number of thioether (sulfide) groups is 1. The van der Waals surface area contributed by atoms with Gasteiger partial charge in [0, 0.05) is 24.2 Å². The first-order valence-corrected chi connectivity index (χ1v) is 9.35. The van der Waals surface area contributed by atoms with E-state index >= 15 is 0 Å². The Kier molecular flexibility index (Phi) is 5.36. The van der Waals surface area contributed by atoms with Crippen LogP contribution >= 0.6 is 11.8 Å². The third-order valence-corrected chi connectivity index (χ3v) is 5.41. The third-order valence-electron chi connectivity index (χ3n) is 4.21. The molecular formula is C18H24N2O3S. The van der Waals surface area contributed by atoms with Crippen molar-refractivity contribution >= 4 is 28.6 Å². The highest BCUT2D eigenvalue weighted by Crippen LogP contribution is 2.30. The summed E-state index contributed by atoms with van der Waals surface area (Å²) in [7, 11) is 5.70. The monoisotopic (exact) mass is 348 g/mol. The smallest absolute Gasteiger partial charge is 0.289 e. The van der Waals surface area contributed by atoms with Crippen molar-refractivity contribution in [3.8, 4) is 5.75 Å². The lowest BCUT2D eigenvalue weighted by Crippen LogP contribution is -2.46. The summed E-state index contributed by atoms with van der Waals surface area (Å²) in [6, 6.07) is 7.72. The number of fused-ring (bicyclic) bond motifs is 1. The molecule has 3 rings (SSSR count). The van der Waals surface area contributed by atoms with Crippen LogP contribution in [0.2, 0.25) is 0 Å². The van der Waals surface area contributed by atoms with Gasteiger partial charge in [0.25, 0.3) is 5.91 Å². The van der Waals surface area contributed by atoms with Crippen LogP contribution < -0.4 is 4.74 Å². The zero-order valence-corrected chi connectivity index (χ0v) is 15.3. The number of carbonyl (C=O) groups is 1. The number of furan rings is 1. The van der Waals surface area contributed by atoms with Crippen LogP contribution in [0.4, 0.5) is 0 Å². The molecule has 0 N–H and O–H groups in total. The van der Waals surface area contributed by atoms with E-state index in [1.165, 1.54) is 0 Å². The summed E-state index contributed by atoms with van der Waals surface area (Å²) in [6.45, 7) is 1.64. The Labute approximate surface area is 146 Å². The molecule has 0 aliphatic carbocycles. The van der Waals surface area contributed by atoms with Crippen LogP contribution in [-0.2, 0) is 0 Å². The predicted molar refractivity (Wildman–Crippen MR) is 98.1 cm³/mol. The van der Waals surface area contributed by atoms with Gasteiger partial charge in [0.2, 0.25) is 0 Å². The Morgan fingerprint density at radius 1 is 1.46 bits per heavy atom. The van der Waals surface area contributed by atoms with E-state index in [-0.39, 0.29) is 11.9 Å². The number of amides is 1. The topological polar surface area (TPSA) is 45.9 Å². The van der Waals surface area contributed by atoms with Crippen LogP contribution in [-0.4, -0.2) is 67.5 Å². The van der Waals surface area contributed by atoms with Crippen molar-refractivity contribution in [3.63, 3.8) is 0 Å². The molecule has 6 heteroatoms. The fraction of sp³-hybridized carbons (Fsp3) is 0.500.